The molecule has 1 heterocycles. The number of methoxy groups -OCH3 is 1. The monoisotopic (exact) mass is 259 g/mol. The molecule has 2 rings (SSSR count). The minimum absolute atomic E-state index is 0.336. The van der Waals surface area contributed by atoms with E-state index in [1.54, 1.807) is 7.11 Å². The van der Waals surface area contributed by atoms with Crippen LogP contribution in [0, 0.1) is 6.92 Å². The van der Waals surface area contributed by atoms with Crippen molar-refractivity contribution >= 4 is 5.82 Å². The molecule has 0 radical (unpaired) electrons. The fourth-order valence-corrected chi connectivity index (χ4v) is 1.64. The van der Waals surface area contributed by atoms with E-state index in [2.05, 4.69) is 15.3 Å². The summed E-state index contributed by atoms with van der Waals surface area (Å²) in [6.07, 6.45) is 0. The van der Waals surface area contributed by atoms with Crippen LogP contribution in [0.1, 0.15) is 11.5 Å². The van der Waals surface area contributed by atoms with Crippen LogP contribution in [0.5, 0.6) is 11.5 Å². The minimum atomic E-state index is 0.336. The summed E-state index contributed by atoms with van der Waals surface area (Å²) in [6, 6.07) is 9.30. The van der Waals surface area contributed by atoms with Crippen LogP contribution >= 0.6 is 0 Å². The molecule has 0 amide bonds. The Balaban J connectivity index is 2.03. The first kappa shape index (κ1) is 13.1. The first-order valence-electron chi connectivity index (χ1n) is 6.00. The molecule has 0 aliphatic heterocycles. The maximum absolute atomic E-state index is 5.64. The highest BCUT2D eigenvalue weighted by Crippen LogP contribution is 2.18. The molecule has 0 spiro atoms. The fourth-order valence-electron chi connectivity index (χ4n) is 1.64. The van der Waals surface area contributed by atoms with Crippen LogP contribution in [-0.4, -0.2) is 24.1 Å². The summed E-state index contributed by atoms with van der Waals surface area (Å²) in [5, 5.41) is 3.00. The van der Waals surface area contributed by atoms with Crippen molar-refractivity contribution in [2.24, 2.45) is 0 Å². The fraction of sp³-hybridized carbons (Fsp3) is 0.286. The maximum atomic E-state index is 5.64. The van der Waals surface area contributed by atoms with Gasteiger partial charge in [-0.2, -0.15) is 0 Å². The third-order valence-electron chi connectivity index (χ3n) is 2.58. The lowest BCUT2D eigenvalue weighted by Gasteiger charge is -2.08. The molecule has 0 saturated heterocycles. The lowest BCUT2D eigenvalue weighted by Crippen LogP contribution is -2.05. The van der Waals surface area contributed by atoms with Crippen molar-refractivity contribution in [2.45, 2.75) is 13.5 Å². The highest BCUT2D eigenvalue weighted by Gasteiger charge is 2.02. The number of nitrogens with zero attached hydrogens (tertiary/aromatic N) is 2. The van der Waals surface area contributed by atoms with Gasteiger partial charge < -0.3 is 14.8 Å². The number of aryl methyl sites for hydroxylation is 1. The molecule has 0 saturated carbocycles. The molecule has 1 N–H and O–H groups in total. The molecule has 0 bridgehead atoms. The Morgan fingerprint density at radius 2 is 1.79 bits per heavy atom. The summed E-state index contributed by atoms with van der Waals surface area (Å²) < 4.78 is 10.7. The van der Waals surface area contributed by atoms with Crippen LogP contribution < -0.4 is 14.8 Å². The van der Waals surface area contributed by atoms with Crippen molar-refractivity contribution in [1.29, 1.82) is 0 Å². The minimum Gasteiger partial charge on any atom is -0.497 e. The van der Waals surface area contributed by atoms with Gasteiger partial charge in [-0.3, -0.25) is 0 Å². The van der Waals surface area contributed by atoms with Gasteiger partial charge in [0.05, 0.1) is 7.11 Å². The van der Waals surface area contributed by atoms with Crippen molar-refractivity contribution in [3.8, 4) is 11.5 Å². The van der Waals surface area contributed by atoms with E-state index in [-0.39, 0.29) is 0 Å². The smallest absolute Gasteiger partial charge is 0.168 e. The van der Waals surface area contributed by atoms with Gasteiger partial charge in [-0.1, -0.05) is 0 Å². The average molecular weight is 259 g/mol. The Kier molecular flexibility index (Phi) is 4.18. The van der Waals surface area contributed by atoms with Crippen molar-refractivity contribution in [3.63, 3.8) is 0 Å². The molecule has 19 heavy (non-hydrogen) atoms. The van der Waals surface area contributed by atoms with Crippen LogP contribution in [0.2, 0.25) is 0 Å². The first-order chi connectivity index (χ1) is 9.21. The first-order valence-corrected chi connectivity index (χ1v) is 6.00. The van der Waals surface area contributed by atoms with Gasteiger partial charge in [0.15, 0.2) is 5.82 Å². The van der Waals surface area contributed by atoms with Gasteiger partial charge in [0.25, 0.3) is 0 Å². The van der Waals surface area contributed by atoms with E-state index in [9.17, 15) is 0 Å². The topological polar surface area (TPSA) is 56.3 Å². The number of anilines is 1. The van der Waals surface area contributed by atoms with E-state index in [0.29, 0.717) is 12.4 Å². The normalized spacial score (nSPS) is 10.1. The Bertz CT molecular complexity index is 541. The lowest BCUT2D eigenvalue weighted by atomic mass is 10.3. The molecule has 0 aliphatic carbocycles. The van der Waals surface area contributed by atoms with Crippen molar-refractivity contribution < 1.29 is 9.47 Å². The summed E-state index contributed by atoms with van der Waals surface area (Å²) in [5.41, 5.74) is 0.910. The molecular formula is C14H17N3O2. The van der Waals surface area contributed by atoms with Crippen LogP contribution in [0.25, 0.3) is 0 Å². The SMILES string of the molecule is CNc1cc(C)nc(COc2ccc(OC)cc2)n1. The number of benzene rings is 1. The molecular weight excluding hydrogens is 242 g/mol. The Morgan fingerprint density at radius 1 is 1.11 bits per heavy atom. The van der Waals surface area contributed by atoms with Crippen LogP contribution in [0.3, 0.4) is 0 Å². The Hall–Kier alpha value is -2.30. The zero-order valence-corrected chi connectivity index (χ0v) is 11.3. The molecule has 1 aromatic carbocycles. The molecule has 0 atom stereocenters. The summed E-state index contributed by atoms with van der Waals surface area (Å²) in [7, 11) is 3.46. The Labute approximate surface area is 112 Å². The van der Waals surface area contributed by atoms with Crippen LogP contribution in [0.4, 0.5) is 5.82 Å². The Morgan fingerprint density at radius 3 is 2.42 bits per heavy atom. The van der Waals surface area contributed by atoms with Crippen molar-refractivity contribution in [1.82, 2.24) is 9.97 Å². The zero-order chi connectivity index (χ0) is 13.7. The van der Waals surface area contributed by atoms with Crippen LogP contribution in [0.15, 0.2) is 30.3 Å². The molecule has 2 aromatic rings. The van der Waals surface area contributed by atoms with E-state index >= 15 is 0 Å². The number of rotatable bonds is 5. The molecule has 0 fully saturated rings. The highest BCUT2D eigenvalue weighted by atomic mass is 16.5. The summed E-state index contributed by atoms with van der Waals surface area (Å²) in [6.45, 7) is 2.27. The zero-order valence-electron chi connectivity index (χ0n) is 11.3. The number of aromatic nitrogens is 2. The number of nitrogens with one attached hydrogen (secondary N) is 1. The van der Waals surface area contributed by atoms with Gasteiger partial charge >= 0.3 is 0 Å². The summed E-state index contributed by atoms with van der Waals surface area (Å²) in [4.78, 5) is 8.66. The predicted molar refractivity (Wildman–Crippen MR) is 73.6 cm³/mol. The van der Waals surface area contributed by atoms with E-state index in [1.165, 1.54) is 0 Å². The number of hydrogen-bond donors (Lipinski definition) is 1. The largest absolute Gasteiger partial charge is 0.497 e. The van der Waals surface area contributed by atoms with Gasteiger partial charge in [0.2, 0.25) is 0 Å². The van der Waals surface area contributed by atoms with Gasteiger partial charge in [-0.05, 0) is 31.2 Å². The second kappa shape index (κ2) is 6.04. The third kappa shape index (κ3) is 3.58. The van der Waals surface area contributed by atoms with E-state index in [1.807, 2.05) is 44.3 Å². The van der Waals surface area contributed by atoms with E-state index in [0.717, 1.165) is 23.0 Å². The van der Waals surface area contributed by atoms with Gasteiger partial charge in [0, 0.05) is 18.8 Å². The van der Waals surface area contributed by atoms with Gasteiger partial charge in [0.1, 0.15) is 23.9 Å². The van der Waals surface area contributed by atoms with E-state index < -0.39 is 0 Å². The van der Waals surface area contributed by atoms with Crippen molar-refractivity contribution in [2.75, 3.05) is 19.5 Å². The summed E-state index contributed by atoms with van der Waals surface area (Å²) >= 11 is 0. The van der Waals surface area contributed by atoms with Gasteiger partial charge in [-0.15, -0.1) is 0 Å². The predicted octanol–water partition coefficient (Wildman–Crippen LogP) is 2.41. The molecule has 100 valence electrons. The third-order valence-corrected chi connectivity index (χ3v) is 2.58. The van der Waals surface area contributed by atoms with Crippen molar-refractivity contribution in [3.05, 3.63) is 41.9 Å². The molecule has 1 aromatic heterocycles. The average Bonchev–Trinajstić information content (AvgIpc) is 2.45. The highest BCUT2D eigenvalue weighted by molar-refractivity contribution is 5.35. The van der Waals surface area contributed by atoms with Crippen LogP contribution in [-0.2, 0) is 6.61 Å². The second-order valence-corrected chi connectivity index (χ2v) is 4.02. The summed E-state index contributed by atoms with van der Waals surface area (Å²) in [5.74, 6) is 3.01. The van der Waals surface area contributed by atoms with Gasteiger partial charge in [-0.25, -0.2) is 9.97 Å². The molecule has 0 aliphatic rings. The maximum Gasteiger partial charge on any atom is 0.168 e. The molecule has 5 nitrogen and oxygen atoms in total. The standard InChI is InChI=1S/C14H17N3O2/c1-10-8-13(15-2)17-14(16-10)9-19-12-6-4-11(18-3)5-7-12/h4-8H,9H2,1-3H3,(H,15,16,17). The number of hydrogen-bond acceptors (Lipinski definition) is 5. The quantitative estimate of drug-likeness (QED) is 0.893. The molecule has 5 heteroatoms. The number of ether oxygens (including phenoxy) is 2. The lowest BCUT2D eigenvalue weighted by molar-refractivity contribution is 0.295. The molecule has 0 unspecified atom stereocenters. The second-order valence-electron chi connectivity index (χ2n) is 4.02. The van der Waals surface area contributed by atoms with E-state index in [4.69, 9.17) is 9.47 Å².